The third-order valence-corrected chi connectivity index (χ3v) is 3.54. The monoisotopic (exact) mass is 254 g/mol. The fourth-order valence-electron chi connectivity index (χ4n) is 2.14. The Labute approximate surface area is 110 Å². The molecule has 18 heavy (non-hydrogen) atoms. The fraction of sp³-hybridized carbons (Fsp3) is 0.857. The average Bonchev–Trinajstić information content (AvgIpc) is 3.09. The van der Waals surface area contributed by atoms with Gasteiger partial charge < -0.3 is 10.2 Å². The fourth-order valence-corrected chi connectivity index (χ4v) is 2.14. The molecule has 0 radical (unpaired) electrons. The highest BCUT2D eigenvalue weighted by atomic mass is 16.2. The molecule has 0 aromatic carbocycles. The third-order valence-electron chi connectivity index (χ3n) is 3.54. The van der Waals surface area contributed by atoms with Crippen LogP contribution in [0.2, 0.25) is 0 Å². The van der Waals surface area contributed by atoms with E-state index in [1.807, 2.05) is 18.7 Å². The van der Waals surface area contributed by atoms with E-state index in [2.05, 4.69) is 19.2 Å². The van der Waals surface area contributed by atoms with Gasteiger partial charge in [-0.1, -0.05) is 13.8 Å². The molecule has 1 aliphatic carbocycles. The molecule has 104 valence electrons. The number of amides is 2. The summed E-state index contributed by atoms with van der Waals surface area (Å²) in [6.45, 7) is 10.4. The number of hydrogen-bond donors (Lipinski definition) is 1. The predicted octanol–water partition coefficient (Wildman–Crippen LogP) is 1.65. The van der Waals surface area contributed by atoms with Crippen molar-refractivity contribution in [2.75, 3.05) is 19.6 Å². The number of carbonyl (C=O) groups is 2. The first kappa shape index (κ1) is 15.0. The summed E-state index contributed by atoms with van der Waals surface area (Å²) in [5.74, 6) is 0.650. The van der Waals surface area contributed by atoms with Crippen molar-refractivity contribution in [1.29, 1.82) is 0 Å². The summed E-state index contributed by atoms with van der Waals surface area (Å²) in [4.78, 5) is 25.6. The highest BCUT2D eigenvalue weighted by Gasteiger charge is 2.48. The molecule has 2 amide bonds. The Kier molecular flexibility index (Phi) is 5.63. The molecule has 0 spiro atoms. The van der Waals surface area contributed by atoms with E-state index < -0.39 is 0 Å². The van der Waals surface area contributed by atoms with Crippen LogP contribution in [0, 0.1) is 17.8 Å². The SMILES string of the molecule is CCN(CC)C(=O)C1CC1C(=O)NCCC(C)C. The van der Waals surface area contributed by atoms with Gasteiger partial charge >= 0.3 is 0 Å². The predicted molar refractivity (Wildman–Crippen MR) is 72.0 cm³/mol. The van der Waals surface area contributed by atoms with E-state index >= 15 is 0 Å². The molecule has 1 rings (SSSR count). The topological polar surface area (TPSA) is 49.4 Å². The molecule has 0 heterocycles. The lowest BCUT2D eigenvalue weighted by atomic mass is 10.1. The van der Waals surface area contributed by atoms with E-state index in [-0.39, 0.29) is 23.7 Å². The van der Waals surface area contributed by atoms with Crippen LogP contribution in [-0.4, -0.2) is 36.3 Å². The molecule has 1 N–H and O–H groups in total. The van der Waals surface area contributed by atoms with E-state index in [0.717, 1.165) is 32.5 Å². The first-order valence-electron chi connectivity index (χ1n) is 7.07. The summed E-state index contributed by atoms with van der Waals surface area (Å²) in [6.07, 6.45) is 1.72. The summed E-state index contributed by atoms with van der Waals surface area (Å²) in [5, 5.41) is 2.93. The number of nitrogens with one attached hydrogen (secondary N) is 1. The van der Waals surface area contributed by atoms with Gasteiger partial charge in [0.25, 0.3) is 0 Å². The molecule has 1 fully saturated rings. The molecule has 1 aliphatic rings. The first-order valence-corrected chi connectivity index (χ1v) is 7.07. The summed E-state index contributed by atoms with van der Waals surface area (Å²) in [6, 6.07) is 0. The molecule has 1 saturated carbocycles. The van der Waals surface area contributed by atoms with Gasteiger partial charge in [-0.05, 0) is 32.6 Å². The maximum atomic E-state index is 12.0. The molecule has 2 atom stereocenters. The molecule has 4 heteroatoms. The van der Waals surface area contributed by atoms with Gasteiger partial charge in [-0.15, -0.1) is 0 Å². The second kappa shape index (κ2) is 6.76. The van der Waals surface area contributed by atoms with E-state index in [1.54, 1.807) is 0 Å². The molecule has 0 aromatic heterocycles. The van der Waals surface area contributed by atoms with E-state index in [9.17, 15) is 9.59 Å². The molecular formula is C14H26N2O2. The molecule has 4 nitrogen and oxygen atoms in total. The standard InChI is InChI=1S/C14H26N2O2/c1-5-16(6-2)14(18)12-9-11(12)13(17)15-8-7-10(3)4/h10-12H,5-9H2,1-4H3,(H,15,17). The Morgan fingerprint density at radius 1 is 1.22 bits per heavy atom. The van der Waals surface area contributed by atoms with Crippen LogP contribution in [0.4, 0.5) is 0 Å². The van der Waals surface area contributed by atoms with Gasteiger partial charge in [0.15, 0.2) is 0 Å². The van der Waals surface area contributed by atoms with Crippen molar-refractivity contribution in [2.45, 2.75) is 40.5 Å². The zero-order chi connectivity index (χ0) is 13.7. The quantitative estimate of drug-likeness (QED) is 0.751. The average molecular weight is 254 g/mol. The van der Waals surface area contributed by atoms with Crippen LogP contribution in [0.25, 0.3) is 0 Å². The molecule has 0 aromatic rings. The van der Waals surface area contributed by atoms with Gasteiger partial charge in [-0.25, -0.2) is 0 Å². The Bertz CT molecular complexity index is 298. The largest absolute Gasteiger partial charge is 0.356 e. The van der Waals surface area contributed by atoms with Gasteiger partial charge in [-0.3, -0.25) is 9.59 Å². The molecule has 0 saturated heterocycles. The minimum Gasteiger partial charge on any atom is -0.356 e. The highest BCUT2D eigenvalue weighted by Crippen LogP contribution is 2.40. The van der Waals surface area contributed by atoms with Crippen molar-refractivity contribution in [3.8, 4) is 0 Å². The summed E-state index contributed by atoms with van der Waals surface area (Å²) in [7, 11) is 0. The normalized spacial score (nSPS) is 21.8. The van der Waals surface area contributed by atoms with Gasteiger partial charge in [0.1, 0.15) is 0 Å². The van der Waals surface area contributed by atoms with Crippen molar-refractivity contribution in [3.05, 3.63) is 0 Å². The minimum absolute atomic E-state index is 0.0566. The second-order valence-corrected chi connectivity index (χ2v) is 5.43. The molecular weight excluding hydrogens is 228 g/mol. The lowest BCUT2D eigenvalue weighted by Gasteiger charge is -2.18. The van der Waals surface area contributed by atoms with Crippen LogP contribution >= 0.6 is 0 Å². The Morgan fingerprint density at radius 3 is 2.33 bits per heavy atom. The van der Waals surface area contributed by atoms with Gasteiger partial charge in [-0.2, -0.15) is 0 Å². The van der Waals surface area contributed by atoms with E-state index in [0.29, 0.717) is 5.92 Å². The summed E-state index contributed by atoms with van der Waals surface area (Å²) in [5.41, 5.74) is 0. The van der Waals surface area contributed by atoms with E-state index in [1.165, 1.54) is 0 Å². The highest BCUT2D eigenvalue weighted by molar-refractivity contribution is 5.92. The maximum Gasteiger partial charge on any atom is 0.226 e. The van der Waals surface area contributed by atoms with Gasteiger partial charge in [0.2, 0.25) is 11.8 Å². The van der Waals surface area contributed by atoms with Crippen LogP contribution in [0.5, 0.6) is 0 Å². The Balaban J connectivity index is 2.31. The lowest BCUT2D eigenvalue weighted by molar-refractivity contribution is -0.134. The van der Waals surface area contributed by atoms with Gasteiger partial charge in [0, 0.05) is 19.6 Å². The first-order chi connectivity index (χ1) is 8.51. The zero-order valence-corrected chi connectivity index (χ0v) is 12.0. The number of rotatable bonds is 7. The van der Waals surface area contributed by atoms with Crippen molar-refractivity contribution in [2.24, 2.45) is 17.8 Å². The minimum atomic E-state index is -0.0785. The lowest BCUT2D eigenvalue weighted by Crippen LogP contribution is -2.34. The molecule has 0 bridgehead atoms. The molecule has 0 aliphatic heterocycles. The van der Waals surface area contributed by atoms with Crippen LogP contribution in [0.3, 0.4) is 0 Å². The van der Waals surface area contributed by atoms with Crippen LogP contribution < -0.4 is 5.32 Å². The van der Waals surface area contributed by atoms with Crippen molar-refractivity contribution in [1.82, 2.24) is 10.2 Å². The van der Waals surface area contributed by atoms with Crippen molar-refractivity contribution in [3.63, 3.8) is 0 Å². The Morgan fingerprint density at radius 2 is 1.83 bits per heavy atom. The van der Waals surface area contributed by atoms with Crippen molar-refractivity contribution < 1.29 is 9.59 Å². The maximum absolute atomic E-state index is 12.0. The third kappa shape index (κ3) is 4.00. The van der Waals surface area contributed by atoms with Crippen LogP contribution in [0.15, 0.2) is 0 Å². The zero-order valence-electron chi connectivity index (χ0n) is 12.0. The van der Waals surface area contributed by atoms with Crippen molar-refractivity contribution >= 4 is 11.8 Å². The van der Waals surface area contributed by atoms with Crippen LogP contribution in [-0.2, 0) is 9.59 Å². The smallest absolute Gasteiger partial charge is 0.226 e. The summed E-state index contributed by atoms with van der Waals surface area (Å²) < 4.78 is 0. The number of carbonyl (C=O) groups excluding carboxylic acids is 2. The van der Waals surface area contributed by atoms with Crippen LogP contribution in [0.1, 0.15) is 40.5 Å². The van der Waals surface area contributed by atoms with Gasteiger partial charge in [0.05, 0.1) is 11.8 Å². The number of nitrogens with zero attached hydrogens (tertiary/aromatic N) is 1. The molecule has 2 unspecified atom stereocenters. The Hall–Kier alpha value is -1.06. The summed E-state index contributed by atoms with van der Waals surface area (Å²) >= 11 is 0. The second-order valence-electron chi connectivity index (χ2n) is 5.43. The van der Waals surface area contributed by atoms with E-state index in [4.69, 9.17) is 0 Å². The number of hydrogen-bond acceptors (Lipinski definition) is 2.